The van der Waals surface area contributed by atoms with Crippen LogP contribution in [0, 0.1) is 6.92 Å². The molecule has 2 amide bonds. The first-order valence-electron chi connectivity index (χ1n) is 6.89. The first kappa shape index (κ1) is 15.3. The molecule has 1 aromatic rings. The molecule has 21 heavy (non-hydrogen) atoms. The van der Waals surface area contributed by atoms with Crippen molar-refractivity contribution in [1.29, 1.82) is 0 Å². The normalized spacial score (nSPS) is 16.0. The third-order valence-electron chi connectivity index (χ3n) is 3.12. The number of H-pyrrole nitrogens is 1. The van der Waals surface area contributed by atoms with Gasteiger partial charge in [-0.2, -0.15) is 0 Å². The predicted molar refractivity (Wildman–Crippen MR) is 71.5 cm³/mol. The highest BCUT2D eigenvalue weighted by molar-refractivity contribution is 5.91. The maximum absolute atomic E-state index is 12.2. The van der Waals surface area contributed by atoms with Crippen LogP contribution in [0.15, 0.2) is 4.63 Å². The van der Waals surface area contributed by atoms with Crippen LogP contribution in [-0.2, 0) is 4.74 Å². The summed E-state index contributed by atoms with van der Waals surface area (Å²) in [4.78, 5) is 27.5. The second kappa shape index (κ2) is 5.71. The molecule has 8 nitrogen and oxygen atoms in total. The van der Waals surface area contributed by atoms with Crippen LogP contribution < -0.4 is 5.16 Å². The van der Waals surface area contributed by atoms with Crippen molar-refractivity contribution in [3.05, 3.63) is 11.4 Å². The Balaban J connectivity index is 1.90. The van der Waals surface area contributed by atoms with Crippen LogP contribution >= 0.6 is 0 Å². The van der Waals surface area contributed by atoms with Crippen molar-refractivity contribution in [2.75, 3.05) is 26.2 Å². The Labute approximate surface area is 123 Å². The van der Waals surface area contributed by atoms with Crippen molar-refractivity contribution in [3.8, 4) is 0 Å². The fraction of sp³-hybridized carbons (Fsp3) is 0.692. The quantitative estimate of drug-likeness (QED) is 0.752. The predicted octanol–water partition coefficient (Wildman–Crippen LogP) is 0.490. The Kier molecular flexibility index (Phi) is 4.15. The van der Waals surface area contributed by atoms with Gasteiger partial charge in [-0.05, 0) is 20.8 Å². The van der Waals surface area contributed by atoms with Gasteiger partial charge in [-0.3, -0.25) is 4.79 Å². The van der Waals surface area contributed by atoms with E-state index >= 15 is 0 Å². The van der Waals surface area contributed by atoms with Crippen LogP contribution in [0.4, 0.5) is 4.79 Å². The summed E-state index contributed by atoms with van der Waals surface area (Å²) >= 11 is 0. The molecule has 1 saturated heterocycles. The van der Waals surface area contributed by atoms with Crippen LogP contribution in [0.1, 0.15) is 37.0 Å². The summed E-state index contributed by atoms with van der Waals surface area (Å²) in [5, 5.41) is 6.14. The first-order chi connectivity index (χ1) is 9.78. The van der Waals surface area contributed by atoms with E-state index in [-0.39, 0.29) is 12.0 Å². The highest BCUT2D eigenvalue weighted by Gasteiger charge is 2.31. The number of hydrogen-bond donors (Lipinski definition) is 0. The molecule has 1 N–H and O–H groups in total. The average molecular weight is 297 g/mol. The average Bonchev–Trinajstić information content (AvgIpc) is 2.82. The maximum Gasteiger partial charge on any atom is 0.410 e. The van der Waals surface area contributed by atoms with Crippen LogP contribution in [0.25, 0.3) is 0 Å². The third-order valence-corrected chi connectivity index (χ3v) is 3.12. The van der Waals surface area contributed by atoms with Gasteiger partial charge in [0.05, 0.1) is 0 Å². The first-order valence-corrected chi connectivity index (χ1v) is 6.89. The molecule has 1 fully saturated rings. The number of aryl methyl sites for hydroxylation is 1. The second-order valence-corrected chi connectivity index (χ2v) is 6.00. The zero-order valence-electron chi connectivity index (χ0n) is 12.8. The topological polar surface area (TPSA) is 90.0 Å². The summed E-state index contributed by atoms with van der Waals surface area (Å²) in [5.41, 5.74) is 0.355. The lowest BCUT2D eigenvalue weighted by atomic mass is 10.2. The standard InChI is InChI=1S/C13H20N4O4/c1-9-10(15-21-14-9)11(18)16-5-7-17(8-6-16)12(19)20-13(2,3)4/h5-8H2,1-4H3/p+1. The lowest BCUT2D eigenvalue weighted by Gasteiger charge is -2.35. The molecule has 0 aromatic carbocycles. The molecular formula is C13H21N4O4+. The van der Waals surface area contributed by atoms with E-state index in [1.807, 2.05) is 20.8 Å². The summed E-state index contributed by atoms with van der Waals surface area (Å²) in [6, 6.07) is 0. The van der Waals surface area contributed by atoms with E-state index in [1.54, 1.807) is 16.7 Å². The lowest BCUT2D eigenvalue weighted by molar-refractivity contribution is -0.624. The molecule has 2 rings (SSSR count). The molecular weight excluding hydrogens is 276 g/mol. The van der Waals surface area contributed by atoms with E-state index in [0.717, 1.165) is 0 Å². The SMILES string of the molecule is Cc1no[nH+]c1C(=O)N1CCN(C(=O)OC(C)(C)C)CC1. The molecule has 8 heteroatoms. The van der Waals surface area contributed by atoms with Gasteiger partial charge in [-0.1, -0.05) is 9.79 Å². The summed E-state index contributed by atoms with van der Waals surface area (Å²) in [6.45, 7) is 8.99. The molecule has 0 radical (unpaired) electrons. The molecule has 0 saturated carbocycles. The maximum atomic E-state index is 12.2. The molecule has 1 aliphatic heterocycles. The minimum absolute atomic E-state index is 0.169. The number of rotatable bonds is 1. The van der Waals surface area contributed by atoms with Gasteiger partial charge in [-0.25, -0.2) is 4.79 Å². The number of ether oxygens (including phenoxy) is 1. The van der Waals surface area contributed by atoms with Gasteiger partial charge in [0, 0.05) is 33.1 Å². The van der Waals surface area contributed by atoms with E-state index < -0.39 is 5.60 Å². The minimum Gasteiger partial charge on any atom is -0.444 e. The number of nitrogens with zero attached hydrogens (tertiary/aromatic N) is 3. The van der Waals surface area contributed by atoms with Crippen molar-refractivity contribution in [1.82, 2.24) is 15.0 Å². The summed E-state index contributed by atoms with van der Waals surface area (Å²) in [6.07, 6.45) is -0.345. The molecule has 0 spiro atoms. The molecule has 0 unspecified atom stereocenters. The zero-order valence-corrected chi connectivity index (χ0v) is 12.8. The van der Waals surface area contributed by atoms with Gasteiger partial charge in [-0.15, -0.1) is 0 Å². The van der Waals surface area contributed by atoms with Crippen LogP contribution in [0.3, 0.4) is 0 Å². The van der Waals surface area contributed by atoms with Gasteiger partial charge >= 0.3 is 12.0 Å². The number of aromatic nitrogens is 2. The number of hydrogen-bond acceptors (Lipinski definition) is 5. The van der Waals surface area contributed by atoms with Crippen molar-refractivity contribution in [3.63, 3.8) is 0 Å². The lowest BCUT2D eigenvalue weighted by Crippen LogP contribution is -2.52. The molecule has 0 aliphatic carbocycles. The van der Waals surface area contributed by atoms with Gasteiger partial charge in [0.25, 0.3) is 11.4 Å². The molecule has 2 heterocycles. The molecule has 116 valence electrons. The van der Waals surface area contributed by atoms with Crippen molar-refractivity contribution >= 4 is 12.0 Å². The summed E-state index contributed by atoms with van der Waals surface area (Å²) in [5.74, 6) is -0.169. The molecule has 0 atom stereocenters. The van der Waals surface area contributed by atoms with Crippen molar-refractivity contribution in [2.45, 2.75) is 33.3 Å². The highest BCUT2D eigenvalue weighted by atomic mass is 16.6. The minimum atomic E-state index is -0.515. The largest absolute Gasteiger partial charge is 0.444 e. The Hall–Kier alpha value is -2.12. The van der Waals surface area contributed by atoms with E-state index in [0.29, 0.717) is 37.6 Å². The summed E-state index contributed by atoms with van der Waals surface area (Å²) in [7, 11) is 0. The Morgan fingerprint density at radius 1 is 1.19 bits per heavy atom. The number of amides is 2. The smallest absolute Gasteiger partial charge is 0.410 e. The number of piperazine rings is 1. The highest BCUT2D eigenvalue weighted by Crippen LogP contribution is 2.13. The van der Waals surface area contributed by atoms with E-state index in [4.69, 9.17) is 4.74 Å². The number of carbonyl (C=O) groups excluding carboxylic acids is 2. The van der Waals surface area contributed by atoms with Gasteiger partial charge in [0.1, 0.15) is 5.60 Å². The van der Waals surface area contributed by atoms with Crippen molar-refractivity contribution < 1.29 is 24.1 Å². The van der Waals surface area contributed by atoms with Gasteiger partial charge < -0.3 is 14.5 Å². The van der Waals surface area contributed by atoms with E-state index in [2.05, 4.69) is 14.9 Å². The number of nitrogens with one attached hydrogen (secondary N) is 1. The number of aromatic amines is 1. The van der Waals surface area contributed by atoms with E-state index in [1.165, 1.54) is 0 Å². The molecule has 1 aliphatic rings. The van der Waals surface area contributed by atoms with Crippen LogP contribution in [0.2, 0.25) is 0 Å². The Bertz CT molecular complexity index is 527. The fourth-order valence-electron chi connectivity index (χ4n) is 2.03. The Morgan fingerprint density at radius 2 is 1.76 bits per heavy atom. The van der Waals surface area contributed by atoms with Gasteiger partial charge in [0.15, 0.2) is 5.16 Å². The zero-order chi connectivity index (χ0) is 15.6. The second-order valence-electron chi connectivity index (χ2n) is 6.00. The van der Waals surface area contributed by atoms with Crippen LogP contribution in [0.5, 0.6) is 0 Å². The third kappa shape index (κ3) is 3.71. The molecule has 1 aromatic heterocycles. The fourth-order valence-corrected chi connectivity index (χ4v) is 2.03. The molecule has 0 bridgehead atoms. The van der Waals surface area contributed by atoms with E-state index in [9.17, 15) is 9.59 Å². The van der Waals surface area contributed by atoms with Crippen molar-refractivity contribution in [2.24, 2.45) is 0 Å². The number of carbonyl (C=O) groups is 2. The van der Waals surface area contributed by atoms with Crippen LogP contribution in [-0.4, -0.2) is 58.7 Å². The summed E-state index contributed by atoms with van der Waals surface area (Å²) < 4.78 is 9.98. The Morgan fingerprint density at radius 3 is 2.24 bits per heavy atom. The monoisotopic (exact) mass is 297 g/mol. The van der Waals surface area contributed by atoms with Gasteiger partial charge in [0.2, 0.25) is 0 Å².